The maximum absolute atomic E-state index is 11.9. The van der Waals surface area contributed by atoms with Gasteiger partial charge < -0.3 is 15.2 Å². The number of hydrogen-bond donors (Lipinski definition) is 1. The Morgan fingerprint density at radius 1 is 1.22 bits per heavy atom. The number of esters is 1. The number of benzene rings is 1. The van der Waals surface area contributed by atoms with Crippen LogP contribution in [0.5, 0.6) is 0 Å². The third-order valence-corrected chi connectivity index (χ3v) is 7.56. The molecule has 0 spiro atoms. The average Bonchev–Trinajstić information content (AvgIpc) is 3.20. The number of aliphatic imine (C=N–C) groups is 1. The molecule has 0 saturated heterocycles. The zero-order valence-corrected chi connectivity index (χ0v) is 21.1. The predicted octanol–water partition coefficient (Wildman–Crippen LogP) is 3.48. The van der Waals surface area contributed by atoms with Crippen molar-refractivity contribution in [2.24, 2.45) is 4.99 Å². The Morgan fingerprint density at radius 3 is 2.68 bits per heavy atom. The first-order valence-corrected chi connectivity index (χ1v) is 12.5. The van der Waals surface area contributed by atoms with Gasteiger partial charge in [0.05, 0.1) is 31.0 Å². The van der Waals surface area contributed by atoms with Gasteiger partial charge in [-0.3, -0.25) is 9.79 Å². The van der Waals surface area contributed by atoms with Crippen LogP contribution in [-0.2, 0) is 14.3 Å². The fraction of sp³-hybridized carbons (Fsp3) is 0.357. The van der Waals surface area contributed by atoms with Crippen LogP contribution in [0.1, 0.15) is 60.8 Å². The first-order chi connectivity index (χ1) is 17.9. The number of ether oxygens (including phenoxy) is 2. The summed E-state index contributed by atoms with van der Waals surface area (Å²) in [6.07, 6.45) is 13.0. The summed E-state index contributed by atoms with van der Waals surface area (Å²) in [7, 11) is 9.52. The highest BCUT2D eigenvalue weighted by atomic mass is 16.5. The zero-order chi connectivity index (χ0) is 26.0. The van der Waals surface area contributed by atoms with Gasteiger partial charge in [0.2, 0.25) is 0 Å². The van der Waals surface area contributed by atoms with E-state index in [9.17, 15) is 4.79 Å². The molecule has 1 fully saturated rings. The van der Waals surface area contributed by atoms with Crippen LogP contribution in [0.2, 0.25) is 0 Å². The van der Waals surface area contributed by atoms with Crippen molar-refractivity contribution < 1.29 is 14.3 Å². The molecule has 2 aliphatic rings. The van der Waals surface area contributed by atoms with E-state index in [1.165, 1.54) is 7.11 Å². The average molecular weight is 495 g/mol. The Hall–Kier alpha value is -3.72. The van der Waals surface area contributed by atoms with Gasteiger partial charge in [-0.1, -0.05) is 42.5 Å². The number of rotatable bonds is 6. The molecule has 8 nitrogen and oxygen atoms in total. The van der Waals surface area contributed by atoms with Gasteiger partial charge in [-0.15, -0.1) is 0 Å². The standard InChI is InChI=1S/C28H30BN5O3/c1-36-23(35)15-28(37-2)13-11-19(12-14-28)25-24(29)26(30)34-27(33-25)21(17-32-34)20-9-6-10-22(31-16-20)18-7-4-3-5-8-18/h3-10,16-17,19-20H,11-15,30H2,1-2H3. The number of carbonyl (C=O) groups excluding carboxylic acids is 1. The lowest BCUT2D eigenvalue weighted by molar-refractivity contribution is -0.149. The highest BCUT2D eigenvalue weighted by Crippen LogP contribution is 2.41. The normalized spacial score (nSPS) is 23.6. The monoisotopic (exact) mass is 495 g/mol. The van der Waals surface area contributed by atoms with Crippen molar-refractivity contribution in [1.29, 1.82) is 0 Å². The molecule has 1 atom stereocenters. The van der Waals surface area contributed by atoms with Gasteiger partial charge in [0.25, 0.3) is 0 Å². The van der Waals surface area contributed by atoms with E-state index in [4.69, 9.17) is 33.0 Å². The topological polar surface area (TPSA) is 104 Å². The molecule has 3 heterocycles. The van der Waals surface area contributed by atoms with Crippen LogP contribution in [0, 0.1) is 0 Å². The molecule has 188 valence electrons. The van der Waals surface area contributed by atoms with E-state index in [0.29, 0.717) is 29.8 Å². The molecule has 2 N–H and O–H groups in total. The fourth-order valence-electron chi connectivity index (χ4n) is 5.30. The number of fused-ring (bicyclic) bond motifs is 1. The Kier molecular flexibility index (Phi) is 6.97. The van der Waals surface area contributed by atoms with Crippen molar-refractivity contribution in [2.75, 3.05) is 20.0 Å². The van der Waals surface area contributed by atoms with Crippen molar-refractivity contribution >= 4 is 42.7 Å². The van der Waals surface area contributed by atoms with Crippen LogP contribution in [0.4, 0.5) is 5.82 Å². The quantitative estimate of drug-likeness (QED) is 0.415. The summed E-state index contributed by atoms with van der Waals surface area (Å²) in [5.74, 6) is 0.0871. The summed E-state index contributed by atoms with van der Waals surface area (Å²) < 4.78 is 12.3. The summed E-state index contributed by atoms with van der Waals surface area (Å²) in [6.45, 7) is 0. The lowest BCUT2D eigenvalue weighted by atomic mass is 9.73. The van der Waals surface area contributed by atoms with E-state index < -0.39 is 5.60 Å². The Balaban J connectivity index is 1.43. The second kappa shape index (κ2) is 10.3. The second-order valence-electron chi connectivity index (χ2n) is 9.65. The van der Waals surface area contributed by atoms with Gasteiger partial charge in [0.15, 0.2) is 5.65 Å². The van der Waals surface area contributed by atoms with Gasteiger partial charge in [-0.25, -0.2) is 4.98 Å². The predicted molar refractivity (Wildman–Crippen MR) is 145 cm³/mol. The summed E-state index contributed by atoms with van der Waals surface area (Å²) in [5, 5.41) is 4.49. The van der Waals surface area contributed by atoms with E-state index in [1.807, 2.05) is 48.7 Å². The van der Waals surface area contributed by atoms with E-state index in [0.717, 1.165) is 35.4 Å². The van der Waals surface area contributed by atoms with Gasteiger partial charge >= 0.3 is 5.97 Å². The summed E-state index contributed by atoms with van der Waals surface area (Å²) in [6, 6.07) is 10.1. The molecule has 5 rings (SSSR count). The van der Waals surface area contributed by atoms with Crippen LogP contribution < -0.4 is 11.2 Å². The van der Waals surface area contributed by atoms with Crippen LogP contribution in [0.15, 0.2) is 59.7 Å². The molecular weight excluding hydrogens is 465 g/mol. The van der Waals surface area contributed by atoms with Gasteiger partial charge in [-0.2, -0.15) is 9.61 Å². The van der Waals surface area contributed by atoms with Crippen LogP contribution in [0.3, 0.4) is 0 Å². The molecular formula is C28H30BN5O3. The van der Waals surface area contributed by atoms with Crippen molar-refractivity contribution in [2.45, 2.75) is 49.5 Å². The number of nitrogens with two attached hydrogens (primary N) is 1. The minimum Gasteiger partial charge on any atom is -0.469 e. The Bertz CT molecular complexity index is 1390. The number of aromatic nitrogens is 3. The second-order valence-corrected chi connectivity index (χ2v) is 9.65. The van der Waals surface area contributed by atoms with E-state index in [-0.39, 0.29) is 24.2 Å². The number of nitrogen functional groups attached to an aromatic ring is 1. The van der Waals surface area contributed by atoms with Crippen LogP contribution >= 0.6 is 0 Å². The molecule has 1 aromatic carbocycles. The largest absolute Gasteiger partial charge is 0.469 e. The third-order valence-electron chi connectivity index (χ3n) is 7.56. The van der Waals surface area contributed by atoms with Crippen molar-refractivity contribution in [3.05, 3.63) is 71.6 Å². The van der Waals surface area contributed by atoms with Gasteiger partial charge in [-0.05, 0) is 37.2 Å². The molecule has 1 aliphatic heterocycles. The molecule has 9 heteroatoms. The van der Waals surface area contributed by atoms with E-state index in [1.54, 1.807) is 17.8 Å². The summed E-state index contributed by atoms with van der Waals surface area (Å²) in [5.41, 5.74) is 10.7. The zero-order valence-electron chi connectivity index (χ0n) is 21.1. The lowest BCUT2D eigenvalue weighted by Crippen LogP contribution is -2.39. The molecule has 0 amide bonds. The van der Waals surface area contributed by atoms with E-state index in [2.05, 4.69) is 11.2 Å². The molecule has 1 aliphatic carbocycles. The van der Waals surface area contributed by atoms with Crippen molar-refractivity contribution in [3.63, 3.8) is 0 Å². The number of carbonyl (C=O) groups is 1. The Labute approximate surface area is 217 Å². The summed E-state index contributed by atoms with van der Waals surface area (Å²) in [4.78, 5) is 21.7. The molecule has 0 bridgehead atoms. The van der Waals surface area contributed by atoms with Crippen LogP contribution in [-0.4, -0.2) is 54.4 Å². The minimum atomic E-state index is -0.527. The number of allylic oxidation sites excluding steroid dienone is 3. The molecule has 2 aromatic heterocycles. The number of methoxy groups -OCH3 is 2. The molecule has 3 aromatic rings. The summed E-state index contributed by atoms with van der Waals surface area (Å²) >= 11 is 0. The third kappa shape index (κ3) is 4.83. The smallest absolute Gasteiger partial charge is 0.308 e. The van der Waals surface area contributed by atoms with Crippen molar-refractivity contribution in [3.8, 4) is 0 Å². The molecule has 1 unspecified atom stereocenters. The first-order valence-electron chi connectivity index (χ1n) is 12.5. The van der Waals surface area contributed by atoms with Crippen molar-refractivity contribution in [1.82, 2.24) is 14.6 Å². The SMILES string of the molecule is [B]c1c(C2CCC(CC(=O)OC)(OC)CC2)nc2c(C3C=CC=C(c4ccccc4)N=C3)cnn2c1N. The van der Waals surface area contributed by atoms with Crippen LogP contribution in [0.25, 0.3) is 11.3 Å². The highest BCUT2D eigenvalue weighted by molar-refractivity contribution is 6.36. The highest BCUT2D eigenvalue weighted by Gasteiger charge is 2.39. The number of hydrogen-bond acceptors (Lipinski definition) is 7. The molecule has 37 heavy (non-hydrogen) atoms. The van der Waals surface area contributed by atoms with Gasteiger partial charge in [0.1, 0.15) is 13.7 Å². The lowest BCUT2D eigenvalue weighted by Gasteiger charge is -2.38. The maximum Gasteiger partial charge on any atom is 0.308 e. The maximum atomic E-state index is 11.9. The molecule has 2 radical (unpaired) electrons. The fourth-order valence-corrected chi connectivity index (χ4v) is 5.30. The number of nitrogens with zero attached hydrogens (tertiary/aromatic N) is 4. The first kappa shape index (κ1) is 25.0. The Morgan fingerprint density at radius 2 is 1.97 bits per heavy atom. The van der Waals surface area contributed by atoms with E-state index >= 15 is 0 Å². The van der Waals surface area contributed by atoms with Gasteiger partial charge in [0, 0.05) is 42.0 Å². The minimum absolute atomic E-state index is 0.0978. The number of anilines is 1. The molecule has 1 saturated carbocycles.